The van der Waals surface area contributed by atoms with Crippen LogP contribution in [-0.4, -0.2) is 12.5 Å². The van der Waals surface area contributed by atoms with E-state index in [-0.39, 0.29) is 5.91 Å². The number of rotatable bonds is 11. The summed E-state index contributed by atoms with van der Waals surface area (Å²) in [5.41, 5.74) is 3.62. The number of benzene rings is 3. The van der Waals surface area contributed by atoms with Crippen LogP contribution in [0.3, 0.4) is 0 Å². The van der Waals surface area contributed by atoms with E-state index in [9.17, 15) is 4.79 Å². The second-order valence-electron chi connectivity index (χ2n) is 7.55. The van der Waals surface area contributed by atoms with Gasteiger partial charge in [-0.25, -0.2) is 0 Å². The molecule has 0 aliphatic carbocycles. The fourth-order valence-corrected chi connectivity index (χ4v) is 2.96. The molecule has 0 aliphatic rings. The van der Waals surface area contributed by atoms with Gasteiger partial charge in [0.2, 0.25) is 5.91 Å². The number of ether oxygens (including phenoxy) is 1. The highest BCUT2D eigenvalue weighted by molar-refractivity contribution is 5.88. The molecule has 3 rings (SSSR count). The number of nitrogens with zero attached hydrogens (tertiary/aromatic N) is 4. The average molecular weight is 444 g/mol. The van der Waals surface area contributed by atoms with Crippen molar-refractivity contribution in [3.63, 3.8) is 0 Å². The third kappa shape index (κ3) is 8.65. The van der Waals surface area contributed by atoms with E-state index >= 15 is 0 Å². The Kier molecular flexibility index (Phi) is 9.27. The van der Waals surface area contributed by atoms with Crippen molar-refractivity contribution in [1.82, 2.24) is 0 Å². The number of hydrogen-bond acceptors (Lipinski definition) is 6. The molecule has 0 saturated heterocycles. The Morgan fingerprint density at radius 1 is 0.697 bits per heavy atom. The fourth-order valence-electron chi connectivity index (χ4n) is 2.96. The van der Waals surface area contributed by atoms with Crippen molar-refractivity contribution in [2.24, 2.45) is 20.5 Å². The van der Waals surface area contributed by atoms with Crippen molar-refractivity contribution in [2.45, 2.75) is 39.5 Å². The van der Waals surface area contributed by atoms with Gasteiger partial charge in [0.1, 0.15) is 5.75 Å². The molecule has 1 N–H and O–H groups in total. The first kappa shape index (κ1) is 23.8. The number of azo groups is 2. The molecule has 7 heteroatoms. The average Bonchev–Trinajstić information content (AvgIpc) is 2.83. The predicted molar refractivity (Wildman–Crippen MR) is 132 cm³/mol. The van der Waals surface area contributed by atoms with E-state index in [2.05, 4.69) is 32.7 Å². The Hall–Kier alpha value is -3.87. The largest absolute Gasteiger partial charge is 0.494 e. The normalized spacial score (nSPS) is 11.2. The first-order valence-electron chi connectivity index (χ1n) is 11.2. The molecule has 0 radical (unpaired) electrons. The molecule has 0 unspecified atom stereocenters. The highest BCUT2D eigenvalue weighted by atomic mass is 16.5. The summed E-state index contributed by atoms with van der Waals surface area (Å²) in [6.07, 6.45) is 4.76. The van der Waals surface area contributed by atoms with Crippen LogP contribution in [0.2, 0.25) is 0 Å². The van der Waals surface area contributed by atoms with Gasteiger partial charge in [-0.1, -0.05) is 26.2 Å². The van der Waals surface area contributed by atoms with E-state index in [1.54, 1.807) is 24.3 Å². The lowest BCUT2D eigenvalue weighted by molar-refractivity contribution is -0.114. The molecule has 3 aromatic carbocycles. The molecular weight excluding hydrogens is 414 g/mol. The van der Waals surface area contributed by atoms with Crippen LogP contribution in [0, 0.1) is 0 Å². The van der Waals surface area contributed by atoms with Gasteiger partial charge in [0.15, 0.2) is 0 Å². The maximum absolute atomic E-state index is 11.1. The molecule has 0 saturated carbocycles. The zero-order valence-electron chi connectivity index (χ0n) is 19.1. The highest BCUT2D eigenvalue weighted by Crippen LogP contribution is 2.25. The maximum atomic E-state index is 11.1. The topological polar surface area (TPSA) is 87.8 Å². The third-order valence-corrected chi connectivity index (χ3v) is 4.70. The first-order chi connectivity index (χ1) is 16.1. The summed E-state index contributed by atoms with van der Waals surface area (Å²) < 4.78 is 5.75. The zero-order valence-corrected chi connectivity index (χ0v) is 19.1. The second-order valence-corrected chi connectivity index (χ2v) is 7.55. The highest BCUT2D eigenvalue weighted by Gasteiger charge is 1.98. The predicted octanol–water partition coefficient (Wildman–Crippen LogP) is 8.43. The molecule has 170 valence electrons. The van der Waals surface area contributed by atoms with Crippen LogP contribution in [-0.2, 0) is 4.79 Å². The van der Waals surface area contributed by atoms with Crippen LogP contribution < -0.4 is 10.1 Å². The van der Waals surface area contributed by atoms with Gasteiger partial charge in [-0.2, -0.15) is 20.5 Å². The quantitative estimate of drug-likeness (QED) is 0.238. The van der Waals surface area contributed by atoms with Crippen molar-refractivity contribution in [3.05, 3.63) is 72.8 Å². The zero-order chi connectivity index (χ0) is 23.3. The molecule has 7 nitrogen and oxygen atoms in total. The van der Waals surface area contributed by atoms with E-state index in [1.807, 2.05) is 48.5 Å². The lowest BCUT2D eigenvalue weighted by atomic mass is 10.2. The Labute approximate surface area is 194 Å². The number of anilines is 1. The molecule has 0 heterocycles. The van der Waals surface area contributed by atoms with Crippen molar-refractivity contribution in [2.75, 3.05) is 11.9 Å². The monoisotopic (exact) mass is 443 g/mol. The summed E-state index contributed by atoms with van der Waals surface area (Å²) in [7, 11) is 0. The standard InChI is InChI=1S/C26H29N5O2/c1-3-4-5-6-19-33-26-17-15-25(16-18-26)31-30-24-13-11-23(12-14-24)29-28-22-9-7-21(8-10-22)27-20(2)32/h7-18H,3-6,19H2,1-2H3,(H,27,32). The lowest BCUT2D eigenvalue weighted by Gasteiger charge is -2.05. The Morgan fingerprint density at radius 2 is 1.15 bits per heavy atom. The van der Waals surface area contributed by atoms with Gasteiger partial charge in [-0.05, 0) is 79.2 Å². The molecule has 0 bridgehead atoms. The van der Waals surface area contributed by atoms with Crippen LogP contribution >= 0.6 is 0 Å². The number of hydrogen-bond donors (Lipinski definition) is 1. The van der Waals surface area contributed by atoms with E-state index in [0.717, 1.165) is 35.8 Å². The third-order valence-electron chi connectivity index (χ3n) is 4.70. The number of amides is 1. The van der Waals surface area contributed by atoms with E-state index < -0.39 is 0 Å². The Morgan fingerprint density at radius 3 is 1.61 bits per heavy atom. The Bertz CT molecular complexity index is 1060. The van der Waals surface area contributed by atoms with Crippen molar-refractivity contribution >= 4 is 34.3 Å². The summed E-state index contributed by atoms with van der Waals surface area (Å²) in [5, 5.41) is 19.7. The van der Waals surface area contributed by atoms with Gasteiger partial charge in [-0.3, -0.25) is 4.79 Å². The van der Waals surface area contributed by atoms with Gasteiger partial charge >= 0.3 is 0 Å². The van der Waals surface area contributed by atoms with Crippen LogP contribution in [0.1, 0.15) is 39.5 Å². The minimum Gasteiger partial charge on any atom is -0.494 e. The van der Waals surface area contributed by atoms with Gasteiger partial charge in [0.25, 0.3) is 0 Å². The Balaban J connectivity index is 1.49. The van der Waals surface area contributed by atoms with Gasteiger partial charge in [0, 0.05) is 12.6 Å². The maximum Gasteiger partial charge on any atom is 0.221 e. The molecule has 0 spiro atoms. The van der Waals surface area contributed by atoms with Crippen LogP contribution in [0.5, 0.6) is 5.75 Å². The summed E-state index contributed by atoms with van der Waals surface area (Å²) in [5.74, 6) is 0.741. The van der Waals surface area contributed by atoms with Gasteiger partial charge in [-0.15, -0.1) is 0 Å². The van der Waals surface area contributed by atoms with Gasteiger partial charge in [0.05, 0.1) is 29.4 Å². The van der Waals surface area contributed by atoms with Crippen molar-refractivity contribution in [3.8, 4) is 5.75 Å². The van der Waals surface area contributed by atoms with Crippen molar-refractivity contribution < 1.29 is 9.53 Å². The number of nitrogens with one attached hydrogen (secondary N) is 1. The minimum absolute atomic E-state index is 0.110. The van der Waals surface area contributed by atoms with E-state index in [1.165, 1.54) is 26.2 Å². The van der Waals surface area contributed by atoms with E-state index in [4.69, 9.17) is 4.74 Å². The van der Waals surface area contributed by atoms with Crippen LogP contribution in [0.25, 0.3) is 0 Å². The number of carbonyl (C=O) groups is 1. The SMILES string of the molecule is CCCCCCOc1ccc(N=Nc2ccc(N=Nc3ccc(NC(C)=O)cc3)cc2)cc1. The second kappa shape index (κ2) is 12.9. The summed E-state index contributed by atoms with van der Waals surface area (Å²) in [6, 6.07) is 22.1. The minimum atomic E-state index is -0.110. The number of unbranched alkanes of at least 4 members (excludes halogenated alkanes) is 3. The number of carbonyl (C=O) groups excluding carboxylic acids is 1. The molecule has 0 aromatic heterocycles. The first-order valence-corrected chi connectivity index (χ1v) is 11.2. The molecule has 0 aliphatic heterocycles. The lowest BCUT2D eigenvalue weighted by Crippen LogP contribution is -2.04. The van der Waals surface area contributed by atoms with Gasteiger partial charge < -0.3 is 10.1 Å². The smallest absolute Gasteiger partial charge is 0.221 e. The summed E-state index contributed by atoms with van der Waals surface area (Å²) in [4.78, 5) is 11.1. The summed E-state index contributed by atoms with van der Waals surface area (Å²) >= 11 is 0. The van der Waals surface area contributed by atoms with Crippen LogP contribution in [0.15, 0.2) is 93.3 Å². The molecule has 3 aromatic rings. The molecule has 0 fully saturated rings. The van der Waals surface area contributed by atoms with Crippen LogP contribution in [0.4, 0.5) is 28.4 Å². The fraction of sp³-hybridized carbons (Fsp3) is 0.269. The molecule has 33 heavy (non-hydrogen) atoms. The summed E-state index contributed by atoms with van der Waals surface area (Å²) in [6.45, 7) is 4.41. The molecular formula is C26H29N5O2. The van der Waals surface area contributed by atoms with E-state index in [0.29, 0.717) is 11.4 Å². The van der Waals surface area contributed by atoms with Crippen molar-refractivity contribution in [1.29, 1.82) is 0 Å². The molecule has 1 amide bonds. The molecule has 0 atom stereocenters.